The zero-order valence-electron chi connectivity index (χ0n) is 32.9. The number of carbonyl (C=O) groups excluding carboxylic acids is 1. The lowest BCUT2D eigenvalue weighted by Crippen LogP contribution is -2.27. The number of aliphatic hydroxyl groups excluding tert-OH is 1. The number of rotatable bonds is 38. The normalized spacial score (nSPS) is 13.1. The Kier molecular flexibility index (Phi) is 41.1. The minimum absolute atomic E-state index is 0.187. The molecule has 0 aliphatic carbocycles. The van der Waals surface area contributed by atoms with Crippen molar-refractivity contribution in [1.29, 1.82) is 0 Å². The Bertz CT molecular complexity index is 865. The van der Waals surface area contributed by atoms with Crippen LogP contribution in [0.15, 0.2) is 72.9 Å². The molecule has 0 fully saturated rings. The Labute approximate surface area is 310 Å². The van der Waals surface area contributed by atoms with E-state index < -0.39 is 6.10 Å². The van der Waals surface area contributed by atoms with E-state index in [4.69, 9.17) is 9.47 Å². The predicted octanol–water partition coefficient (Wildman–Crippen LogP) is 13.8. The zero-order chi connectivity index (χ0) is 36.3. The fraction of sp³-hybridized carbons (Fsp3) is 0.717. The lowest BCUT2D eigenvalue weighted by atomic mass is 10.0. The van der Waals surface area contributed by atoms with Crippen LogP contribution in [0.3, 0.4) is 0 Å². The van der Waals surface area contributed by atoms with Crippen molar-refractivity contribution in [2.75, 3.05) is 19.8 Å². The molecule has 0 bridgehead atoms. The molecule has 0 saturated heterocycles. The first-order chi connectivity index (χ1) is 24.7. The van der Waals surface area contributed by atoms with Crippen molar-refractivity contribution in [2.45, 2.75) is 193 Å². The van der Waals surface area contributed by atoms with Gasteiger partial charge in [0.2, 0.25) is 0 Å². The molecular weight excluding hydrogens is 617 g/mol. The van der Waals surface area contributed by atoms with E-state index in [2.05, 4.69) is 86.8 Å². The molecule has 4 nitrogen and oxygen atoms in total. The van der Waals surface area contributed by atoms with Crippen molar-refractivity contribution < 1.29 is 19.4 Å². The highest BCUT2D eigenvalue weighted by Gasteiger charge is 2.13. The zero-order valence-corrected chi connectivity index (χ0v) is 32.9. The summed E-state index contributed by atoms with van der Waals surface area (Å²) in [5.74, 6) is -0.214. The van der Waals surface area contributed by atoms with E-state index in [0.29, 0.717) is 13.0 Å². The first-order valence-electron chi connectivity index (χ1n) is 21.0. The molecule has 0 amide bonds. The number of hydrogen-bond donors (Lipinski definition) is 1. The van der Waals surface area contributed by atoms with Crippen LogP contribution in [0.5, 0.6) is 0 Å². The van der Waals surface area contributed by atoms with E-state index in [0.717, 1.165) is 77.0 Å². The van der Waals surface area contributed by atoms with Gasteiger partial charge in [0.15, 0.2) is 0 Å². The number of esters is 1. The third-order valence-corrected chi connectivity index (χ3v) is 8.80. The van der Waals surface area contributed by atoms with E-state index in [1.54, 1.807) is 0 Å². The fourth-order valence-electron chi connectivity index (χ4n) is 5.68. The molecule has 50 heavy (non-hydrogen) atoms. The molecule has 0 spiro atoms. The maximum Gasteiger partial charge on any atom is 0.306 e. The standard InChI is InChI=1S/C46H80O4/c1-3-5-7-9-11-13-15-17-19-21-22-23-24-25-26-28-30-32-34-36-38-40-42-49-44-45(43-47)50-46(48)41-39-37-35-33-31-29-27-20-18-16-14-12-10-8-6-4-2/h5,7,11,13,17,19,22-23,25-26,30,32,45,47H,3-4,6,8-10,12,14-16,18,20-21,24,27-29,31,33-44H2,1-2H3/b7-5-,13-11-,19-17-,23-22-,26-25-,32-30-. The van der Waals surface area contributed by atoms with E-state index in [1.807, 2.05) is 0 Å². The van der Waals surface area contributed by atoms with Gasteiger partial charge in [-0.25, -0.2) is 0 Å². The van der Waals surface area contributed by atoms with Crippen LogP contribution in [0, 0.1) is 0 Å². The lowest BCUT2D eigenvalue weighted by molar-refractivity contribution is -0.154. The number of aliphatic hydroxyl groups is 1. The van der Waals surface area contributed by atoms with Gasteiger partial charge < -0.3 is 14.6 Å². The van der Waals surface area contributed by atoms with Crippen LogP contribution >= 0.6 is 0 Å². The number of allylic oxidation sites excluding steroid dienone is 12. The number of unbranched alkanes of at least 4 members (excludes halogenated alkanes) is 18. The summed E-state index contributed by atoms with van der Waals surface area (Å²) in [5.41, 5.74) is 0. The SMILES string of the molecule is CC/C=C\C/C=C\C/C=C\C/C=C\C/C=C\C/C=C\CCCCCOCC(CO)OC(=O)CCCCCCCCCCCCCCCCCC. The average Bonchev–Trinajstić information content (AvgIpc) is 3.12. The topological polar surface area (TPSA) is 55.8 Å². The summed E-state index contributed by atoms with van der Waals surface area (Å²) >= 11 is 0. The maximum absolute atomic E-state index is 12.2. The van der Waals surface area contributed by atoms with Crippen molar-refractivity contribution in [2.24, 2.45) is 0 Å². The second kappa shape index (κ2) is 43.0. The number of hydrogen-bond acceptors (Lipinski definition) is 4. The molecule has 0 aromatic rings. The van der Waals surface area contributed by atoms with Gasteiger partial charge in [-0.3, -0.25) is 4.79 Å². The summed E-state index contributed by atoms with van der Waals surface area (Å²) < 4.78 is 11.1. The Hall–Kier alpha value is -2.17. The van der Waals surface area contributed by atoms with Gasteiger partial charge >= 0.3 is 5.97 Å². The van der Waals surface area contributed by atoms with Crippen LogP contribution in [-0.4, -0.2) is 37.0 Å². The van der Waals surface area contributed by atoms with Gasteiger partial charge in [-0.2, -0.15) is 0 Å². The quantitative estimate of drug-likeness (QED) is 0.0397. The highest BCUT2D eigenvalue weighted by atomic mass is 16.6. The highest BCUT2D eigenvalue weighted by Crippen LogP contribution is 2.14. The predicted molar refractivity (Wildman–Crippen MR) is 219 cm³/mol. The van der Waals surface area contributed by atoms with Crippen LogP contribution < -0.4 is 0 Å². The van der Waals surface area contributed by atoms with Crippen molar-refractivity contribution in [3.63, 3.8) is 0 Å². The van der Waals surface area contributed by atoms with Crippen LogP contribution in [0.4, 0.5) is 0 Å². The van der Waals surface area contributed by atoms with Crippen LogP contribution in [0.1, 0.15) is 187 Å². The molecular formula is C46H80O4. The van der Waals surface area contributed by atoms with Gasteiger partial charge in [-0.1, -0.05) is 189 Å². The Morgan fingerprint density at radius 2 is 0.900 bits per heavy atom. The average molecular weight is 697 g/mol. The summed E-state index contributed by atoms with van der Waals surface area (Å²) in [6.07, 6.45) is 58.1. The van der Waals surface area contributed by atoms with Crippen LogP contribution in [0.25, 0.3) is 0 Å². The first kappa shape index (κ1) is 47.8. The second-order valence-electron chi connectivity index (χ2n) is 13.7. The Morgan fingerprint density at radius 3 is 1.34 bits per heavy atom. The third kappa shape index (κ3) is 40.3. The van der Waals surface area contributed by atoms with Gasteiger partial charge in [-0.05, 0) is 64.2 Å². The van der Waals surface area contributed by atoms with Crippen molar-refractivity contribution in [3.05, 3.63) is 72.9 Å². The molecule has 0 saturated carbocycles. The van der Waals surface area contributed by atoms with Crippen molar-refractivity contribution in [1.82, 2.24) is 0 Å². The number of carbonyl (C=O) groups is 1. The molecule has 0 heterocycles. The molecule has 288 valence electrons. The van der Waals surface area contributed by atoms with Crippen molar-refractivity contribution in [3.8, 4) is 0 Å². The molecule has 0 aromatic carbocycles. The van der Waals surface area contributed by atoms with Gasteiger partial charge in [0.1, 0.15) is 6.10 Å². The summed E-state index contributed by atoms with van der Waals surface area (Å²) in [7, 11) is 0. The largest absolute Gasteiger partial charge is 0.457 e. The van der Waals surface area contributed by atoms with Gasteiger partial charge in [0, 0.05) is 13.0 Å². The van der Waals surface area contributed by atoms with E-state index in [9.17, 15) is 9.90 Å². The van der Waals surface area contributed by atoms with E-state index in [1.165, 1.54) is 89.9 Å². The Morgan fingerprint density at radius 1 is 0.500 bits per heavy atom. The van der Waals surface area contributed by atoms with Gasteiger partial charge in [-0.15, -0.1) is 0 Å². The number of ether oxygens (including phenoxy) is 2. The molecule has 4 heteroatoms. The summed E-state index contributed by atoms with van der Waals surface area (Å²) in [6, 6.07) is 0. The Balaban J connectivity index is 3.54. The van der Waals surface area contributed by atoms with Gasteiger partial charge in [0.25, 0.3) is 0 Å². The molecule has 0 rings (SSSR count). The monoisotopic (exact) mass is 697 g/mol. The molecule has 0 aromatic heterocycles. The molecule has 1 unspecified atom stereocenters. The first-order valence-corrected chi connectivity index (χ1v) is 21.0. The lowest BCUT2D eigenvalue weighted by Gasteiger charge is -2.15. The summed E-state index contributed by atoms with van der Waals surface area (Å²) in [4.78, 5) is 12.2. The van der Waals surface area contributed by atoms with Gasteiger partial charge in [0.05, 0.1) is 13.2 Å². The van der Waals surface area contributed by atoms with E-state index >= 15 is 0 Å². The smallest absolute Gasteiger partial charge is 0.306 e. The second-order valence-corrected chi connectivity index (χ2v) is 13.7. The van der Waals surface area contributed by atoms with Crippen molar-refractivity contribution >= 4 is 5.97 Å². The molecule has 1 atom stereocenters. The molecule has 0 aliphatic rings. The highest BCUT2D eigenvalue weighted by molar-refractivity contribution is 5.69. The summed E-state index contributed by atoms with van der Waals surface area (Å²) in [5, 5.41) is 9.59. The maximum atomic E-state index is 12.2. The van der Waals surface area contributed by atoms with E-state index in [-0.39, 0.29) is 19.2 Å². The van der Waals surface area contributed by atoms with Crippen LogP contribution in [-0.2, 0) is 14.3 Å². The minimum Gasteiger partial charge on any atom is -0.457 e. The molecule has 1 N–H and O–H groups in total. The molecule has 0 radical (unpaired) electrons. The minimum atomic E-state index is -0.553. The third-order valence-electron chi connectivity index (χ3n) is 8.80. The fourth-order valence-corrected chi connectivity index (χ4v) is 5.68. The molecule has 0 aliphatic heterocycles. The van der Waals surface area contributed by atoms with Crippen LogP contribution in [0.2, 0.25) is 0 Å². The summed E-state index contributed by atoms with van der Waals surface area (Å²) in [6.45, 7) is 5.16.